The zero-order valence-electron chi connectivity index (χ0n) is 14.9. The Hall–Kier alpha value is -2.06. The lowest BCUT2D eigenvalue weighted by Crippen LogP contribution is -2.36. The Bertz CT molecular complexity index is 820. The molecule has 1 N–H and O–H groups in total. The Morgan fingerprint density at radius 2 is 1.19 bits per heavy atom. The molecule has 136 valence electrons. The van der Waals surface area contributed by atoms with Gasteiger partial charge in [-0.1, -0.05) is 66.2 Å². The number of carbonyl (C=O) groups excluding carboxylic acids is 1. The number of hydrogen-bond donors (Lipinski definition) is 1. The third kappa shape index (κ3) is 3.82. The number of benzene rings is 3. The van der Waals surface area contributed by atoms with E-state index in [-0.39, 0.29) is 0 Å². The van der Waals surface area contributed by atoms with Crippen LogP contribution >= 0.6 is 30.6 Å². The molecule has 3 aromatic rings. The summed E-state index contributed by atoms with van der Waals surface area (Å²) in [5, 5.41) is 6.38. The molecule has 2 nitrogen and oxygen atoms in total. The van der Waals surface area contributed by atoms with Crippen LogP contribution in [0.3, 0.4) is 0 Å². The van der Waals surface area contributed by atoms with Crippen LogP contribution in [-0.2, 0) is 4.79 Å². The van der Waals surface area contributed by atoms with E-state index in [9.17, 15) is 4.79 Å². The van der Waals surface area contributed by atoms with Crippen molar-refractivity contribution >= 4 is 52.9 Å². The van der Waals surface area contributed by atoms with Gasteiger partial charge in [0.25, 0.3) is 0 Å². The predicted molar refractivity (Wildman–Crippen MR) is 121 cm³/mol. The van der Waals surface area contributed by atoms with Crippen molar-refractivity contribution in [2.75, 3.05) is 6.26 Å². The van der Waals surface area contributed by atoms with Gasteiger partial charge in [0.15, 0.2) is 7.26 Å². The second kappa shape index (κ2) is 9.23. The molecular weight excluding hydrogens is 393 g/mol. The fourth-order valence-corrected chi connectivity index (χ4v) is 8.64. The second-order valence-electron chi connectivity index (χ2n) is 5.77. The van der Waals surface area contributed by atoms with Gasteiger partial charge in [-0.2, -0.15) is 0 Å². The van der Waals surface area contributed by atoms with Gasteiger partial charge < -0.3 is 0 Å². The summed E-state index contributed by atoms with van der Waals surface area (Å²) in [6.45, 7) is 0. The molecular formula is C22H20ClNOPS+. The van der Waals surface area contributed by atoms with Crippen LogP contribution in [0.15, 0.2) is 101 Å². The van der Waals surface area contributed by atoms with Gasteiger partial charge in [0.2, 0.25) is 11.8 Å². The predicted octanol–water partition coefficient (Wildman–Crippen LogP) is 4.45. The summed E-state index contributed by atoms with van der Waals surface area (Å²) in [5.41, 5.74) is 0.760. The monoisotopic (exact) mass is 412 g/mol. The number of hydrogen-bond acceptors (Lipinski definition) is 2. The van der Waals surface area contributed by atoms with Crippen molar-refractivity contribution in [3.63, 3.8) is 0 Å². The molecule has 0 aliphatic heterocycles. The van der Waals surface area contributed by atoms with E-state index in [0.717, 1.165) is 27.8 Å². The SMILES string of the molecule is CS/C(Cl)=C(/NC=O)[P+](c1ccccc1)(c1ccccc1)c1ccccc1. The van der Waals surface area contributed by atoms with Crippen molar-refractivity contribution in [2.24, 2.45) is 0 Å². The minimum atomic E-state index is -2.37. The Kier molecular flexibility index (Phi) is 6.73. The molecule has 0 fully saturated rings. The van der Waals surface area contributed by atoms with Crippen LogP contribution in [0.2, 0.25) is 0 Å². The highest BCUT2D eigenvalue weighted by Gasteiger charge is 2.51. The zero-order valence-corrected chi connectivity index (χ0v) is 17.3. The van der Waals surface area contributed by atoms with Crippen molar-refractivity contribution < 1.29 is 4.79 Å². The van der Waals surface area contributed by atoms with Crippen LogP contribution in [0, 0.1) is 0 Å². The van der Waals surface area contributed by atoms with Gasteiger partial charge in [0.05, 0.1) is 0 Å². The number of carbonyl (C=O) groups is 1. The molecule has 0 spiro atoms. The molecule has 3 rings (SSSR count). The molecule has 0 bridgehead atoms. The summed E-state index contributed by atoms with van der Waals surface area (Å²) in [6, 6.07) is 30.9. The minimum Gasteiger partial charge on any atom is -0.297 e. The fraction of sp³-hybridized carbons (Fsp3) is 0.0455. The maximum Gasteiger partial charge on any atom is 0.214 e. The number of nitrogens with one attached hydrogen (secondary N) is 1. The summed E-state index contributed by atoms with van der Waals surface area (Å²) < 4.78 is 0.590. The first-order chi connectivity index (χ1) is 13.2. The lowest BCUT2D eigenvalue weighted by molar-refractivity contribution is -0.108. The Labute approximate surface area is 170 Å². The van der Waals surface area contributed by atoms with Crippen molar-refractivity contribution in [3.05, 3.63) is 101 Å². The quantitative estimate of drug-likeness (QED) is 0.458. The van der Waals surface area contributed by atoms with E-state index in [1.165, 1.54) is 11.8 Å². The number of rotatable bonds is 7. The maximum absolute atomic E-state index is 11.6. The van der Waals surface area contributed by atoms with Crippen LogP contribution in [0.25, 0.3) is 0 Å². The van der Waals surface area contributed by atoms with Crippen molar-refractivity contribution in [2.45, 2.75) is 0 Å². The molecule has 0 aromatic heterocycles. The topological polar surface area (TPSA) is 29.1 Å². The molecule has 0 saturated carbocycles. The summed E-state index contributed by atoms with van der Waals surface area (Å²) in [5.74, 6) is 0. The molecule has 5 heteroatoms. The summed E-state index contributed by atoms with van der Waals surface area (Å²) >= 11 is 8.13. The smallest absolute Gasteiger partial charge is 0.214 e. The maximum atomic E-state index is 11.6. The van der Waals surface area contributed by atoms with Crippen LogP contribution < -0.4 is 21.2 Å². The molecule has 0 saturated heterocycles. The number of amides is 1. The van der Waals surface area contributed by atoms with E-state index in [1.54, 1.807) is 0 Å². The second-order valence-corrected chi connectivity index (χ2v) is 10.5. The highest BCUT2D eigenvalue weighted by molar-refractivity contribution is 8.05. The van der Waals surface area contributed by atoms with Crippen molar-refractivity contribution in [3.8, 4) is 0 Å². The largest absolute Gasteiger partial charge is 0.297 e. The molecule has 1 amide bonds. The van der Waals surface area contributed by atoms with Crippen LogP contribution in [0.4, 0.5) is 0 Å². The molecule has 0 unspecified atom stereocenters. The normalized spacial score (nSPS) is 12.2. The van der Waals surface area contributed by atoms with Crippen molar-refractivity contribution in [1.82, 2.24) is 5.32 Å². The van der Waals surface area contributed by atoms with Gasteiger partial charge in [-0.15, -0.1) is 11.8 Å². The van der Waals surface area contributed by atoms with E-state index in [2.05, 4.69) is 41.7 Å². The van der Waals surface area contributed by atoms with Gasteiger partial charge in [0.1, 0.15) is 20.3 Å². The Morgan fingerprint density at radius 1 is 0.815 bits per heavy atom. The van der Waals surface area contributed by atoms with Gasteiger partial charge >= 0.3 is 0 Å². The summed E-state index contributed by atoms with van der Waals surface area (Å²) in [4.78, 5) is 11.6. The van der Waals surface area contributed by atoms with Gasteiger partial charge in [-0.25, -0.2) is 0 Å². The third-order valence-electron chi connectivity index (χ3n) is 4.33. The number of halogens is 1. The molecule has 0 atom stereocenters. The Morgan fingerprint density at radius 3 is 1.48 bits per heavy atom. The number of thioether (sulfide) groups is 1. The van der Waals surface area contributed by atoms with E-state index in [0.29, 0.717) is 4.36 Å². The fourth-order valence-electron chi connectivity index (χ4n) is 3.23. The lowest BCUT2D eigenvalue weighted by Gasteiger charge is -2.29. The third-order valence-corrected chi connectivity index (χ3v) is 10.1. The van der Waals surface area contributed by atoms with Gasteiger partial charge in [-0.3, -0.25) is 10.1 Å². The van der Waals surface area contributed by atoms with Crippen molar-refractivity contribution in [1.29, 1.82) is 0 Å². The first-order valence-electron chi connectivity index (χ1n) is 8.45. The standard InChI is InChI=1S/C22H19ClNOPS/c1-27-21(23)22(24-17-25)26(18-11-5-2-6-12-18,19-13-7-3-8-14-19)20-15-9-4-10-16-20/h2-17H,1H3/p+1/b22-21-. The molecule has 3 aromatic carbocycles. The summed E-state index contributed by atoms with van der Waals surface area (Å²) in [7, 11) is -2.37. The molecule has 0 aliphatic rings. The molecule has 0 aliphatic carbocycles. The van der Waals surface area contributed by atoms with E-state index >= 15 is 0 Å². The molecule has 0 radical (unpaired) electrons. The van der Waals surface area contributed by atoms with E-state index < -0.39 is 7.26 Å². The van der Waals surface area contributed by atoms with Crippen LogP contribution in [0.5, 0.6) is 0 Å². The van der Waals surface area contributed by atoms with E-state index in [4.69, 9.17) is 11.6 Å². The van der Waals surface area contributed by atoms with Crippen LogP contribution in [0.1, 0.15) is 0 Å². The minimum absolute atomic E-state index is 0.590. The average molecular weight is 413 g/mol. The first kappa shape index (κ1) is 19.7. The summed E-state index contributed by atoms with van der Waals surface area (Å²) in [6.07, 6.45) is 2.64. The molecule has 27 heavy (non-hydrogen) atoms. The first-order valence-corrected chi connectivity index (χ1v) is 11.8. The average Bonchev–Trinajstić information content (AvgIpc) is 2.75. The highest BCUT2D eigenvalue weighted by atomic mass is 35.5. The zero-order chi connectivity index (χ0) is 19.1. The van der Waals surface area contributed by atoms with Gasteiger partial charge in [0, 0.05) is 0 Å². The molecule has 0 heterocycles. The van der Waals surface area contributed by atoms with E-state index in [1.807, 2.05) is 60.9 Å². The van der Waals surface area contributed by atoms with Crippen LogP contribution in [-0.4, -0.2) is 12.7 Å². The highest BCUT2D eigenvalue weighted by Crippen LogP contribution is 2.63. The Balaban J connectivity index is 2.49. The lowest BCUT2D eigenvalue weighted by atomic mass is 10.4. The van der Waals surface area contributed by atoms with Gasteiger partial charge in [-0.05, 0) is 42.7 Å².